The lowest BCUT2D eigenvalue weighted by Gasteiger charge is -2.13. The molecule has 0 radical (unpaired) electrons. The summed E-state index contributed by atoms with van der Waals surface area (Å²) < 4.78 is 5.36. The van der Waals surface area contributed by atoms with Crippen molar-refractivity contribution >= 4 is 5.97 Å². The molecule has 0 unspecified atom stereocenters. The molecule has 0 heterocycles. The van der Waals surface area contributed by atoms with E-state index in [0.717, 1.165) is 17.7 Å². The predicted octanol–water partition coefficient (Wildman–Crippen LogP) is 3.23. The van der Waals surface area contributed by atoms with Crippen molar-refractivity contribution in [2.24, 2.45) is 0 Å². The molecule has 0 bridgehead atoms. The van der Waals surface area contributed by atoms with Gasteiger partial charge in [0.2, 0.25) is 0 Å². The molecular formula is C14H20O3. The summed E-state index contributed by atoms with van der Waals surface area (Å²) >= 11 is 0. The van der Waals surface area contributed by atoms with Gasteiger partial charge in [-0.05, 0) is 36.0 Å². The lowest BCUT2D eigenvalue weighted by molar-refractivity contribution is -0.137. The Hall–Kier alpha value is -1.51. The van der Waals surface area contributed by atoms with E-state index in [0.29, 0.717) is 12.3 Å². The molecule has 0 saturated heterocycles. The van der Waals surface area contributed by atoms with E-state index in [1.54, 1.807) is 7.11 Å². The molecule has 1 aromatic rings. The first-order valence-electron chi connectivity index (χ1n) is 5.93. The van der Waals surface area contributed by atoms with Gasteiger partial charge in [-0.15, -0.1) is 0 Å². The van der Waals surface area contributed by atoms with Crippen LogP contribution in [0.1, 0.15) is 43.7 Å². The van der Waals surface area contributed by atoms with Gasteiger partial charge in [0.05, 0.1) is 7.11 Å². The zero-order chi connectivity index (χ0) is 12.8. The minimum Gasteiger partial charge on any atom is -0.496 e. The summed E-state index contributed by atoms with van der Waals surface area (Å²) in [5.74, 6) is 0.585. The van der Waals surface area contributed by atoms with Crippen LogP contribution in [0.2, 0.25) is 0 Å². The summed E-state index contributed by atoms with van der Waals surface area (Å²) in [5, 5.41) is 8.58. The fourth-order valence-electron chi connectivity index (χ4n) is 1.83. The Morgan fingerprint density at radius 2 is 2.12 bits per heavy atom. The first-order chi connectivity index (χ1) is 8.04. The van der Waals surface area contributed by atoms with Crippen molar-refractivity contribution in [1.82, 2.24) is 0 Å². The van der Waals surface area contributed by atoms with Gasteiger partial charge in [-0.25, -0.2) is 0 Å². The summed E-state index contributed by atoms with van der Waals surface area (Å²) in [6, 6.07) is 6.14. The van der Waals surface area contributed by atoms with Crippen LogP contribution in [0.25, 0.3) is 0 Å². The number of hydrogen-bond donors (Lipinski definition) is 1. The number of rotatable bonds is 6. The van der Waals surface area contributed by atoms with Crippen LogP contribution < -0.4 is 4.74 Å². The van der Waals surface area contributed by atoms with Crippen LogP contribution >= 0.6 is 0 Å². The second kappa shape index (κ2) is 6.28. The van der Waals surface area contributed by atoms with E-state index in [9.17, 15) is 4.79 Å². The fraction of sp³-hybridized carbons (Fsp3) is 0.500. The van der Waals surface area contributed by atoms with Gasteiger partial charge in [0.25, 0.3) is 0 Å². The van der Waals surface area contributed by atoms with Gasteiger partial charge in [-0.3, -0.25) is 4.79 Å². The molecule has 94 valence electrons. The highest BCUT2D eigenvalue weighted by molar-refractivity contribution is 5.66. The third-order valence-corrected chi connectivity index (χ3v) is 2.78. The average molecular weight is 236 g/mol. The highest BCUT2D eigenvalue weighted by atomic mass is 16.5. The Morgan fingerprint density at radius 1 is 1.41 bits per heavy atom. The number of aryl methyl sites for hydroxylation is 1. The number of carboxylic acids is 1. The maximum absolute atomic E-state index is 10.4. The Balaban J connectivity index is 2.72. The quantitative estimate of drug-likeness (QED) is 0.824. The highest BCUT2D eigenvalue weighted by Crippen LogP contribution is 2.27. The minimum atomic E-state index is -0.740. The lowest BCUT2D eigenvalue weighted by atomic mass is 9.98. The maximum Gasteiger partial charge on any atom is 0.303 e. The maximum atomic E-state index is 10.4. The van der Waals surface area contributed by atoms with Crippen molar-refractivity contribution in [2.75, 3.05) is 7.11 Å². The number of benzene rings is 1. The third kappa shape index (κ3) is 4.10. The zero-order valence-electron chi connectivity index (χ0n) is 10.7. The van der Waals surface area contributed by atoms with Gasteiger partial charge in [-0.1, -0.05) is 26.0 Å². The smallest absolute Gasteiger partial charge is 0.303 e. The van der Waals surface area contributed by atoms with Crippen molar-refractivity contribution in [1.29, 1.82) is 0 Å². The Labute approximate surface area is 102 Å². The van der Waals surface area contributed by atoms with E-state index < -0.39 is 5.97 Å². The van der Waals surface area contributed by atoms with E-state index in [-0.39, 0.29) is 6.42 Å². The molecule has 0 fully saturated rings. The number of hydrogen-bond acceptors (Lipinski definition) is 2. The number of carboxylic acid groups (broad SMARTS) is 1. The number of methoxy groups -OCH3 is 1. The van der Waals surface area contributed by atoms with Crippen molar-refractivity contribution in [2.45, 2.75) is 39.0 Å². The van der Waals surface area contributed by atoms with E-state index in [1.807, 2.05) is 6.07 Å². The summed E-state index contributed by atoms with van der Waals surface area (Å²) in [4.78, 5) is 10.4. The van der Waals surface area contributed by atoms with E-state index in [1.165, 1.54) is 5.56 Å². The topological polar surface area (TPSA) is 46.5 Å². The highest BCUT2D eigenvalue weighted by Gasteiger charge is 2.08. The standard InChI is InChI=1S/C14H20O3/c1-10(2)12-8-7-11(9-13(12)17-3)5-4-6-14(15)16/h7-10H,4-6H2,1-3H3,(H,15,16). The molecule has 3 heteroatoms. The van der Waals surface area contributed by atoms with Gasteiger partial charge in [0.15, 0.2) is 0 Å². The number of aliphatic carboxylic acids is 1. The molecule has 0 aromatic heterocycles. The molecule has 0 amide bonds. The minimum absolute atomic E-state index is 0.217. The molecule has 17 heavy (non-hydrogen) atoms. The molecule has 0 aliphatic carbocycles. The predicted molar refractivity (Wildman–Crippen MR) is 67.7 cm³/mol. The largest absolute Gasteiger partial charge is 0.496 e. The van der Waals surface area contributed by atoms with Crippen molar-refractivity contribution in [3.05, 3.63) is 29.3 Å². The van der Waals surface area contributed by atoms with Gasteiger partial charge < -0.3 is 9.84 Å². The van der Waals surface area contributed by atoms with Crippen LogP contribution in [-0.2, 0) is 11.2 Å². The van der Waals surface area contributed by atoms with E-state index >= 15 is 0 Å². The monoisotopic (exact) mass is 236 g/mol. The molecule has 1 aromatic carbocycles. The molecule has 0 atom stereocenters. The second-order valence-electron chi connectivity index (χ2n) is 4.48. The fourth-order valence-corrected chi connectivity index (χ4v) is 1.83. The van der Waals surface area contributed by atoms with Gasteiger partial charge in [0, 0.05) is 6.42 Å². The van der Waals surface area contributed by atoms with Crippen LogP contribution in [0.4, 0.5) is 0 Å². The summed E-state index contributed by atoms with van der Waals surface area (Å²) in [6.45, 7) is 4.25. The zero-order valence-corrected chi connectivity index (χ0v) is 10.7. The molecule has 1 N–H and O–H groups in total. The van der Waals surface area contributed by atoms with E-state index in [2.05, 4.69) is 26.0 Å². The molecule has 1 rings (SSSR count). The molecular weight excluding hydrogens is 216 g/mol. The normalized spacial score (nSPS) is 10.6. The first kappa shape index (κ1) is 13.6. The van der Waals surface area contributed by atoms with Crippen LogP contribution in [0.3, 0.4) is 0 Å². The Morgan fingerprint density at radius 3 is 2.65 bits per heavy atom. The van der Waals surface area contributed by atoms with Gasteiger partial charge >= 0.3 is 5.97 Å². The van der Waals surface area contributed by atoms with Crippen molar-refractivity contribution < 1.29 is 14.6 Å². The summed E-state index contributed by atoms with van der Waals surface area (Å²) in [7, 11) is 1.67. The van der Waals surface area contributed by atoms with Crippen LogP contribution in [0.15, 0.2) is 18.2 Å². The number of carbonyl (C=O) groups is 1. The van der Waals surface area contributed by atoms with Crippen molar-refractivity contribution in [3.63, 3.8) is 0 Å². The molecule has 0 saturated carbocycles. The molecule has 3 nitrogen and oxygen atoms in total. The summed E-state index contributed by atoms with van der Waals surface area (Å²) in [5.41, 5.74) is 2.32. The third-order valence-electron chi connectivity index (χ3n) is 2.78. The molecule has 0 aliphatic heterocycles. The lowest BCUT2D eigenvalue weighted by Crippen LogP contribution is -1.98. The van der Waals surface area contributed by atoms with Crippen LogP contribution in [-0.4, -0.2) is 18.2 Å². The van der Waals surface area contributed by atoms with Crippen LogP contribution in [0.5, 0.6) is 5.75 Å². The van der Waals surface area contributed by atoms with Gasteiger partial charge in [0.1, 0.15) is 5.75 Å². The average Bonchev–Trinajstić information content (AvgIpc) is 2.28. The SMILES string of the molecule is COc1cc(CCCC(=O)O)ccc1C(C)C. The summed E-state index contributed by atoms with van der Waals surface area (Å²) in [6.07, 6.45) is 1.66. The first-order valence-corrected chi connectivity index (χ1v) is 5.93. The van der Waals surface area contributed by atoms with Crippen LogP contribution in [0, 0.1) is 0 Å². The van der Waals surface area contributed by atoms with Crippen molar-refractivity contribution in [3.8, 4) is 5.75 Å². The molecule has 0 aliphatic rings. The number of ether oxygens (including phenoxy) is 1. The van der Waals surface area contributed by atoms with Gasteiger partial charge in [-0.2, -0.15) is 0 Å². The second-order valence-corrected chi connectivity index (χ2v) is 4.48. The Bertz CT molecular complexity index is 383. The Kier molecular flexibility index (Phi) is 5.01. The van der Waals surface area contributed by atoms with E-state index in [4.69, 9.17) is 9.84 Å². The molecule has 0 spiro atoms.